The zero-order valence-corrected chi connectivity index (χ0v) is 16.3. The van der Waals surface area contributed by atoms with Gasteiger partial charge < -0.3 is 14.4 Å². The van der Waals surface area contributed by atoms with Crippen LogP contribution in [-0.4, -0.2) is 30.1 Å². The predicted molar refractivity (Wildman–Crippen MR) is 104 cm³/mol. The first-order valence-corrected chi connectivity index (χ1v) is 9.33. The highest BCUT2D eigenvalue weighted by molar-refractivity contribution is 9.10. The van der Waals surface area contributed by atoms with Gasteiger partial charge >= 0.3 is 0 Å². The van der Waals surface area contributed by atoms with Crippen molar-refractivity contribution in [3.05, 3.63) is 57.8 Å². The summed E-state index contributed by atoms with van der Waals surface area (Å²) in [6, 6.07) is 10.4. The van der Waals surface area contributed by atoms with Gasteiger partial charge in [-0.05, 0) is 47.0 Å². The maximum Gasteiger partial charge on any atom is 0.175 e. The summed E-state index contributed by atoms with van der Waals surface area (Å²) in [4.78, 5) is 3.02. The van der Waals surface area contributed by atoms with Gasteiger partial charge in [-0.2, -0.15) is 0 Å². The summed E-state index contributed by atoms with van der Waals surface area (Å²) in [5, 5.41) is 0. The minimum absolute atomic E-state index is 0.123. The molecule has 0 amide bonds. The van der Waals surface area contributed by atoms with Crippen LogP contribution in [0.2, 0.25) is 0 Å². The number of thiocarbonyl (C=S) groups is 1. The third-order valence-electron chi connectivity index (χ3n) is 4.20. The van der Waals surface area contributed by atoms with E-state index in [1.807, 2.05) is 12.1 Å². The minimum atomic E-state index is -0.288. The third-order valence-corrected chi connectivity index (χ3v) is 5.28. The number of benzene rings is 2. The standard InChI is InChI=1S/C19H19BrFNO2S/c1-23-17-11-14(19(25)22-8-4-5-9-22)10-15(20)18(17)24-12-13-6-2-3-7-16(13)21/h2-3,6-7,10-11H,4-5,8-9,12H2,1H3. The van der Waals surface area contributed by atoms with Crippen LogP contribution in [0.15, 0.2) is 40.9 Å². The van der Waals surface area contributed by atoms with E-state index in [9.17, 15) is 4.39 Å². The molecular weight excluding hydrogens is 405 g/mol. The van der Waals surface area contributed by atoms with E-state index >= 15 is 0 Å². The number of methoxy groups -OCH3 is 1. The van der Waals surface area contributed by atoms with Crippen LogP contribution in [0.25, 0.3) is 0 Å². The summed E-state index contributed by atoms with van der Waals surface area (Å²) in [5.74, 6) is 0.824. The zero-order valence-electron chi connectivity index (χ0n) is 13.9. The fourth-order valence-electron chi connectivity index (χ4n) is 2.85. The van der Waals surface area contributed by atoms with Gasteiger partial charge in [0.1, 0.15) is 17.4 Å². The van der Waals surface area contributed by atoms with E-state index in [1.165, 1.54) is 18.9 Å². The predicted octanol–water partition coefficient (Wildman–Crippen LogP) is 4.95. The summed E-state index contributed by atoms with van der Waals surface area (Å²) in [7, 11) is 1.58. The minimum Gasteiger partial charge on any atom is -0.493 e. The molecule has 6 heteroatoms. The van der Waals surface area contributed by atoms with Gasteiger partial charge in [-0.15, -0.1) is 0 Å². The molecule has 0 saturated carbocycles. The smallest absolute Gasteiger partial charge is 0.175 e. The van der Waals surface area contributed by atoms with Crippen molar-refractivity contribution in [2.24, 2.45) is 0 Å². The first-order valence-electron chi connectivity index (χ1n) is 8.13. The van der Waals surface area contributed by atoms with Crippen molar-refractivity contribution in [2.45, 2.75) is 19.4 Å². The molecular formula is C19H19BrFNO2S. The Bertz CT molecular complexity index is 778. The molecule has 0 unspecified atom stereocenters. The Hall–Kier alpha value is -1.66. The van der Waals surface area contributed by atoms with Gasteiger partial charge in [0.2, 0.25) is 0 Å². The lowest BCUT2D eigenvalue weighted by molar-refractivity contribution is 0.278. The van der Waals surface area contributed by atoms with Crippen LogP contribution in [0.5, 0.6) is 11.5 Å². The van der Waals surface area contributed by atoms with Gasteiger partial charge in [0.25, 0.3) is 0 Å². The largest absolute Gasteiger partial charge is 0.493 e. The molecule has 0 bridgehead atoms. The number of hydrogen-bond donors (Lipinski definition) is 0. The number of ether oxygens (including phenoxy) is 2. The van der Waals surface area contributed by atoms with Gasteiger partial charge in [-0.1, -0.05) is 30.4 Å². The van der Waals surface area contributed by atoms with Crippen molar-refractivity contribution in [3.8, 4) is 11.5 Å². The van der Waals surface area contributed by atoms with Crippen LogP contribution < -0.4 is 9.47 Å². The first-order chi connectivity index (χ1) is 12.1. The van der Waals surface area contributed by atoms with E-state index in [1.54, 1.807) is 25.3 Å². The third kappa shape index (κ3) is 4.12. The first kappa shape index (κ1) is 18.1. The summed E-state index contributed by atoms with van der Waals surface area (Å²) < 4.78 is 25.8. The second-order valence-electron chi connectivity index (χ2n) is 5.87. The van der Waals surface area contributed by atoms with E-state index in [4.69, 9.17) is 21.7 Å². The maximum atomic E-state index is 13.8. The molecule has 2 aromatic carbocycles. The quantitative estimate of drug-likeness (QED) is 0.634. The molecule has 0 aliphatic carbocycles. The van der Waals surface area contributed by atoms with Crippen molar-refractivity contribution < 1.29 is 13.9 Å². The number of hydrogen-bond acceptors (Lipinski definition) is 3. The van der Waals surface area contributed by atoms with Crippen LogP contribution in [0.4, 0.5) is 4.39 Å². The van der Waals surface area contributed by atoms with Crippen molar-refractivity contribution >= 4 is 33.1 Å². The monoisotopic (exact) mass is 423 g/mol. The average Bonchev–Trinajstić information content (AvgIpc) is 3.15. The van der Waals surface area contributed by atoms with E-state index in [2.05, 4.69) is 20.8 Å². The highest BCUT2D eigenvalue weighted by Crippen LogP contribution is 2.38. The molecule has 1 fully saturated rings. The number of rotatable bonds is 5. The van der Waals surface area contributed by atoms with E-state index < -0.39 is 0 Å². The number of likely N-dealkylation sites (tertiary alicyclic amines) is 1. The van der Waals surface area contributed by atoms with Gasteiger partial charge in [0, 0.05) is 24.2 Å². The molecule has 1 saturated heterocycles. The maximum absolute atomic E-state index is 13.8. The zero-order chi connectivity index (χ0) is 17.8. The molecule has 0 radical (unpaired) electrons. The number of nitrogens with zero attached hydrogens (tertiary/aromatic N) is 1. The lowest BCUT2D eigenvalue weighted by Gasteiger charge is -2.20. The summed E-state index contributed by atoms with van der Waals surface area (Å²) in [6.45, 7) is 2.10. The van der Waals surface area contributed by atoms with Crippen molar-refractivity contribution in [1.29, 1.82) is 0 Å². The Balaban J connectivity index is 1.82. The molecule has 3 rings (SSSR count). The second-order valence-corrected chi connectivity index (χ2v) is 7.11. The van der Waals surface area contributed by atoms with E-state index in [0.717, 1.165) is 28.1 Å². The molecule has 0 aromatic heterocycles. The molecule has 25 heavy (non-hydrogen) atoms. The Labute approximate surface area is 160 Å². The van der Waals surface area contributed by atoms with Crippen molar-refractivity contribution in [1.82, 2.24) is 4.90 Å². The van der Waals surface area contributed by atoms with Crippen LogP contribution in [0.3, 0.4) is 0 Å². The molecule has 0 N–H and O–H groups in total. The normalized spacial score (nSPS) is 13.8. The molecule has 0 spiro atoms. The molecule has 2 aromatic rings. The molecule has 3 nitrogen and oxygen atoms in total. The van der Waals surface area contributed by atoms with E-state index in [-0.39, 0.29) is 12.4 Å². The Kier molecular flexibility index (Phi) is 5.91. The number of halogens is 2. The summed E-state index contributed by atoms with van der Waals surface area (Å²) >= 11 is 9.14. The fourth-order valence-corrected chi connectivity index (χ4v) is 3.71. The SMILES string of the molecule is COc1cc(C(=S)N2CCCC2)cc(Br)c1OCc1ccccc1F. The second kappa shape index (κ2) is 8.15. The fraction of sp³-hybridized carbons (Fsp3) is 0.316. The molecule has 1 heterocycles. The van der Waals surface area contributed by atoms with Crippen LogP contribution in [-0.2, 0) is 6.61 Å². The lowest BCUT2D eigenvalue weighted by Crippen LogP contribution is -2.26. The lowest BCUT2D eigenvalue weighted by atomic mass is 10.2. The Morgan fingerprint density at radius 2 is 1.96 bits per heavy atom. The van der Waals surface area contributed by atoms with E-state index in [0.29, 0.717) is 17.1 Å². The van der Waals surface area contributed by atoms with Crippen molar-refractivity contribution in [3.63, 3.8) is 0 Å². The van der Waals surface area contributed by atoms with Gasteiger partial charge in [-0.25, -0.2) is 4.39 Å². The summed E-state index contributed by atoms with van der Waals surface area (Å²) in [5.41, 5.74) is 1.41. The molecule has 0 atom stereocenters. The van der Waals surface area contributed by atoms with Gasteiger partial charge in [0.15, 0.2) is 11.5 Å². The Morgan fingerprint density at radius 1 is 1.24 bits per heavy atom. The van der Waals surface area contributed by atoms with Crippen LogP contribution in [0.1, 0.15) is 24.0 Å². The van der Waals surface area contributed by atoms with Crippen molar-refractivity contribution in [2.75, 3.05) is 20.2 Å². The van der Waals surface area contributed by atoms with Gasteiger partial charge in [0.05, 0.1) is 11.6 Å². The van der Waals surface area contributed by atoms with Crippen LogP contribution in [0, 0.1) is 5.82 Å². The van der Waals surface area contributed by atoms with Gasteiger partial charge in [-0.3, -0.25) is 0 Å². The molecule has 132 valence electrons. The summed E-state index contributed by atoms with van der Waals surface area (Å²) in [6.07, 6.45) is 2.34. The topological polar surface area (TPSA) is 21.7 Å². The molecule has 1 aliphatic rings. The molecule has 1 aliphatic heterocycles. The Morgan fingerprint density at radius 3 is 2.64 bits per heavy atom. The average molecular weight is 424 g/mol. The highest BCUT2D eigenvalue weighted by Gasteiger charge is 2.20. The van der Waals surface area contributed by atoms with Crippen LogP contribution >= 0.6 is 28.1 Å². The highest BCUT2D eigenvalue weighted by atomic mass is 79.9.